The maximum Gasteiger partial charge on any atom is 0.306 e. The molecule has 6 heteroatoms. The van der Waals surface area contributed by atoms with Gasteiger partial charge in [0.15, 0.2) is 6.10 Å². The molecule has 0 aromatic rings. The Morgan fingerprint density at radius 2 is 0.476 bits per heavy atom. The molecule has 1 unspecified atom stereocenters. The average Bonchev–Trinajstić information content (AvgIpc) is 3.47. The molecule has 6 nitrogen and oxygen atoms in total. The second-order valence-electron chi connectivity index (χ2n) is 23.4. The van der Waals surface area contributed by atoms with Gasteiger partial charge in [-0.1, -0.05) is 304 Å². The molecule has 0 rings (SSSR count). The number of allylic oxidation sites excluding steroid dienone is 16. The molecule has 1 atom stereocenters. The van der Waals surface area contributed by atoms with Gasteiger partial charge in [-0.2, -0.15) is 0 Å². The fourth-order valence-electron chi connectivity index (χ4n) is 10.0. The number of unbranched alkanes of at least 4 members (excludes halogenated alkanes) is 37. The molecule has 0 aliphatic carbocycles. The third-order valence-electron chi connectivity index (χ3n) is 15.3. The molecule has 0 aliphatic rings. The van der Waals surface area contributed by atoms with Gasteiger partial charge in [0.25, 0.3) is 0 Å². The van der Waals surface area contributed by atoms with Crippen molar-refractivity contribution in [3.63, 3.8) is 0 Å². The number of carbonyl (C=O) groups is 3. The number of ether oxygens (including phenoxy) is 3. The Morgan fingerprint density at radius 3 is 0.768 bits per heavy atom. The highest BCUT2D eigenvalue weighted by Crippen LogP contribution is 2.17. The van der Waals surface area contributed by atoms with Crippen LogP contribution in [0.5, 0.6) is 0 Å². The molecular weight excluding hydrogens is 1010 g/mol. The van der Waals surface area contributed by atoms with Crippen LogP contribution in [-0.2, 0) is 28.6 Å². The van der Waals surface area contributed by atoms with Crippen molar-refractivity contribution in [3.05, 3.63) is 97.2 Å². The van der Waals surface area contributed by atoms with E-state index in [0.29, 0.717) is 19.3 Å². The highest BCUT2D eigenvalue weighted by atomic mass is 16.6. The Hall–Kier alpha value is -3.67. The van der Waals surface area contributed by atoms with Crippen LogP contribution in [0.4, 0.5) is 0 Å². The average molecular weight is 1140 g/mol. The van der Waals surface area contributed by atoms with Gasteiger partial charge in [0.1, 0.15) is 13.2 Å². The van der Waals surface area contributed by atoms with E-state index in [-0.39, 0.29) is 31.1 Å². The van der Waals surface area contributed by atoms with Gasteiger partial charge in [-0.15, -0.1) is 0 Å². The summed E-state index contributed by atoms with van der Waals surface area (Å²) in [4.78, 5) is 38.5. The quantitative estimate of drug-likeness (QED) is 0.0261. The van der Waals surface area contributed by atoms with Crippen LogP contribution in [0.2, 0.25) is 0 Å². The van der Waals surface area contributed by atoms with Gasteiger partial charge < -0.3 is 14.2 Å². The SMILES string of the molecule is CC/C=C\C/C=C\C/C=C\C/C=C\C/C=C\CCCCCCCCCC(=O)OCC(COC(=O)CCCCCCCCC/C=C\C/C=C\CCCCCC)OC(=O)CCCCCCCCCCCCC/C=C\CCCCCCCCCC. The van der Waals surface area contributed by atoms with Gasteiger partial charge in [-0.05, 0) is 122 Å². The molecule has 0 fully saturated rings. The molecule has 472 valence electrons. The normalized spacial score (nSPS) is 12.7. The van der Waals surface area contributed by atoms with Gasteiger partial charge >= 0.3 is 17.9 Å². The van der Waals surface area contributed by atoms with Crippen molar-refractivity contribution in [3.8, 4) is 0 Å². The number of esters is 3. The molecule has 0 aromatic carbocycles. The van der Waals surface area contributed by atoms with Crippen LogP contribution in [0.1, 0.15) is 348 Å². The standard InChI is InChI=1S/C76H132O6/c1-4-7-10-13-16-19-22-25-28-31-34-36-38-40-42-45-48-51-54-57-60-63-66-69-75(78)81-72-73(71-80-74(77)68-65-62-59-56-53-50-47-44-33-30-27-24-21-18-15-12-9-6-3)82-76(79)70-67-64-61-58-55-52-49-46-43-41-39-37-35-32-29-26-23-20-17-14-11-8-5-2/h7,10,16,19,21,24-25,28,30,32-36,40,42,73H,4-6,8-9,11-15,17-18,20,22-23,26-27,29,31,37-39,41,43-72H2,1-3H3/b10-7-,19-16-,24-21-,28-25-,33-30-,35-32-,36-34-,42-40-. The molecule has 0 aromatic heterocycles. The van der Waals surface area contributed by atoms with Crippen molar-refractivity contribution in [2.75, 3.05) is 13.2 Å². The Morgan fingerprint density at radius 1 is 0.256 bits per heavy atom. The van der Waals surface area contributed by atoms with E-state index < -0.39 is 6.10 Å². The largest absolute Gasteiger partial charge is 0.462 e. The first-order chi connectivity index (χ1) is 40.5. The first kappa shape index (κ1) is 78.3. The monoisotopic (exact) mass is 1140 g/mol. The van der Waals surface area contributed by atoms with Gasteiger partial charge in [0.2, 0.25) is 0 Å². The highest BCUT2D eigenvalue weighted by molar-refractivity contribution is 5.71. The first-order valence-corrected chi connectivity index (χ1v) is 35.2. The minimum atomic E-state index is -0.789. The Labute approximate surface area is 508 Å². The number of rotatable bonds is 64. The van der Waals surface area contributed by atoms with Crippen molar-refractivity contribution in [1.82, 2.24) is 0 Å². The first-order valence-electron chi connectivity index (χ1n) is 35.2. The molecule has 0 aliphatic heterocycles. The van der Waals surface area contributed by atoms with E-state index in [4.69, 9.17) is 14.2 Å². The zero-order valence-electron chi connectivity index (χ0n) is 54.2. The molecule has 0 N–H and O–H groups in total. The summed E-state index contributed by atoms with van der Waals surface area (Å²) in [6.07, 6.45) is 94.2. The Kier molecular flexibility index (Phi) is 66.7. The van der Waals surface area contributed by atoms with Gasteiger partial charge in [0, 0.05) is 19.3 Å². The van der Waals surface area contributed by atoms with E-state index >= 15 is 0 Å². The van der Waals surface area contributed by atoms with E-state index in [1.54, 1.807) is 0 Å². The lowest BCUT2D eigenvalue weighted by molar-refractivity contribution is -0.167. The van der Waals surface area contributed by atoms with Crippen LogP contribution in [0.25, 0.3) is 0 Å². The van der Waals surface area contributed by atoms with Crippen LogP contribution in [0.3, 0.4) is 0 Å². The van der Waals surface area contributed by atoms with E-state index in [9.17, 15) is 14.4 Å². The van der Waals surface area contributed by atoms with E-state index in [1.807, 2.05) is 0 Å². The van der Waals surface area contributed by atoms with Crippen molar-refractivity contribution >= 4 is 17.9 Å². The number of hydrogen-bond acceptors (Lipinski definition) is 6. The summed E-state index contributed by atoms with van der Waals surface area (Å²) in [5.41, 5.74) is 0. The minimum Gasteiger partial charge on any atom is -0.462 e. The third kappa shape index (κ3) is 67.1. The van der Waals surface area contributed by atoms with E-state index in [1.165, 1.54) is 199 Å². The van der Waals surface area contributed by atoms with Crippen molar-refractivity contribution in [2.45, 2.75) is 354 Å². The van der Waals surface area contributed by atoms with Gasteiger partial charge in [-0.3, -0.25) is 14.4 Å². The molecule has 0 amide bonds. The molecule has 82 heavy (non-hydrogen) atoms. The summed E-state index contributed by atoms with van der Waals surface area (Å²) in [6.45, 7) is 6.54. The van der Waals surface area contributed by atoms with Crippen molar-refractivity contribution in [2.24, 2.45) is 0 Å². The summed E-state index contributed by atoms with van der Waals surface area (Å²) in [5.74, 6) is -0.887. The van der Waals surface area contributed by atoms with Crippen LogP contribution >= 0.6 is 0 Å². The van der Waals surface area contributed by atoms with Crippen molar-refractivity contribution < 1.29 is 28.6 Å². The molecule has 0 radical (unpaired) electrons. The van der Waals surface area contributed by atoms with Crippen LogP contribution < -0.4 is 0 Å². The summed E-state index contributed by atoms with van der Waals surface area (Å²) in [6, 6.07) is 0. The van der Waals surface area contributed by atoms with Crippen LogP contribution in [0.15, 0.2) is 97.2 Å². The predicted molar refractivity (Wildman–Crippen MR) is 357 cm³/mol. The number of hydrogen-bond donors (Lipinski definition) is 0. The lowest BCUT2D eigenvalue weighted by atomic mass is 10.0. The molecular formula is C76H132O6. The van der Waals surface area contributed by atoms with Crippen molar-refractivity contribution in [1.29, 1.82) is 0 Å². The molecule has 0 bridgehead atoms. The highest BCUT2D eigenvalue weighted by Gasteiger charge is 2.19. The maximum atomic E-state index is 13.0. The summed E-state index contributed by atoms with van der Waals surface area (Å²) in [7, 11) is 0. The van der Waals surface area contributed by atoms with Crippen LogP contribution in [0, 0.1) is 0 Å². The predicted octanol–water partition coefficient (Wildman–Crippen LogP) is 24.4. The van der Waals surface area contributed by atoms with E-state index in [2.05, 4.69) is 118 Å². The molecule has 0 spiro atoms. The van der Waals surface area contributed by atoms with E-state index in [0.717, 1.165) is 109 Å². The summed E-state index contributed by atoms with van der Waals surface area (Å²) < 4.78 is 17.0. The maximum absolute atomic E-state index is 13.0. The third-order valence-corrected chi connectivity index (χ3v) is 15.3. The lowest BCUT2D eigenvalue weighted by Gasteiger charge is -2.18. The second kappa shape index (κ2) is 69.8. The Balaban J connectivity index is 4.40. The zero-order valence-corrected chi connectivity index (χ0v) is 54.2. The van der Waals surface area contributed by atoms with Crippen LogP contribution in [-0.4, -0.2) is 37.2 Å². The fraction of sp³-hybridized carbons (Fsp3) is 0.750. The van der Waals surface area contributed by atoms with Gasteiger partial charge in [-0.25, -0.2) is 0 Å². The second-order valence-corrected chi connectivity index (χ2v) is 23.4. The molecule has 0 heterocycles. The smallest absolute Gasteiger partial charge is 0.306 e. The number of carbonyl (C=O) groups excluding carboxylic acids is 3. The molecule has 0 saturated heterocycles. The lowest BCUT2D eigenvalue weighted by Crippen LogP contribution is -2.30. The van der Waals surface area contributed by atoms with Gasteiger partial charge in [0.05, 0.1) is 0 Å². The minimum absolute atomic E-state index is 0.0842. The summed E-state index contributed by atoms with van der Waals surface area (Å²) >= 11 is 0. The summed E-state index contributed by atoms with van der Waals surface area (Å²) in [5, 5.41) is 0. The molecule has 0 saturated carbocycles. The Bertz CT molecular complexity index is 1590. The zero-order chi connectivity index (χ0) is 59.2. The topological polar surface area (TPSA) is 78.9 Å². The fourth-order valence-corrected chi connectivity index (χ4v) is 10.0.